The lowest BCUT2D eigenvalue weighted by Crippen LogP contribution is -2.25. The van der Waals surface area contributed by atoms with Gasteiger partial charge in [-0.25, -0.2) is 0 Å². The normalized spacial score (nSPS) is 15.8. The fraction of sp³-hybridized carbons (Fsp3) is 0.438. The molecule has 4 N–H and O–H groups in total. The van der Waals surface area contributed by atoms with Crippen LogP contribution in [0.4, 0.5) is 5.69 Å². The number of aromatic amines is 1. The van der Waals surface area contributed by atoms with Crippen molar-refractivity contribution in [2.75, 3.05) is 12.3 Å². The predicted molar refractivity (Wildman–Crippen MR) is 81.6 cm³/mol. The van der Waals surface area contributed by atoms with E-state index in [1.54, 1.807) is 6.20 Å². The molecular formula is C16H21N3O. The number of fused-ring (bicyclic) bond motifs is 1. The monoisotopic (exact) mass is 271 g/mol. The van der Waals surface area contributed by atoms with E-state index in [2.05, 4.69) is 10.3 Å². The summed E-state index contributed by atoms with van der Waals surface area (Å²) < 4.78 is 0. The number of hydrogen-bond acceptors (Lipinski definition) is 2. The second-order valence-corrected chi connectivity index (χ2v) is 5.70. The number of anilines is 1. The number of carbonyl (C=O) groups is 1. The van der Waals surface area contributed by atoms with Gasteiger partial charge in [0.1, 0.15) is 0 Å². The molecule has 0 bridgehead atoms. The van der Waals surface area contributed by atoms with Crippen LogP contribution < -0.4 is 11.1 Å². The number of hydrogen-bond donors (Lipinski definition) is 3. The van der Waals surface area contributed by atoms with E-state index >= 15 is 0 Å². The maximum Gasteiger partial charge on any atom is 0.253 e. The number of nitrogen functional groups attached to an aromatic ring is 1. The molecule has 1 amide bonds. The molecule has 0 unspecified atom stereocenters. The van der Waals surface area contributed by atoms with Gasteiger partial charge in [0.05, 0.1) is 5.56 Å². The third-order valence-corrected chi connectivity index (χ3v) is 4.26. The van der Waals surface area contributed by atoms with Gasteiger partial charge in [-0.15, -0.1) is 0 Å². The highest BCUT2D eigenvalue weighted by atomic mass is 16.1. The summed E-state index contributed by atoms with van der Waals surface area (Å²) in [7, 11) is 0. The minimum absolute atomic E-state index is 0.000909. The van der Waals surface area contributed by atoms with Crippen LogP contribution in [0.25, 0.3) is 10.9 Å². The number of H-pyrrole nitrogens is 1. The Balaban J connectivity index is 1.63. The summed E-state index contributed by atoms with van der Waals surface area (Å²) in [5.74, 6) is 0.803. The van der Waals surface area contributed by atoms with Crippen molar-refractivity contribution in [3.63, 3.8) is 0 Å². The van der Waals surface area contributed by atoms with Crippen molar-refractivity contribution < 1.29 is 4.79 Å². The van der Waals surface area contributed by atoms with E-state index in [0.717, 1.165) is 29.8 Å². The largest absolute Gasteiger partial charge is 0.399 e. The van der Waals surface area contributed by atoms with Crippen molar-refractivity contribution in [2.45, 2.75) is 32.1 Å². The van der Waals surface area contributed by atoms with Crippen LogP contribution in [0, 0.1) is 5.92 Å². The molecule has 1 fully saturated rings. The molecule has 106 valence electrons. The van der Waals surface area contributed by atoms with E-state index in [1.165, 1.54) is 25.7 Å². The van der Waals surface area contributed by atoms with Crippen molar-refractivity contribution in [1.82, 2.24) is 10.3 Å². The van der Waals surface area contributed by atoms with Crippen LogP contribution in [0.2, 0.25) is 0 Å². The molecule has 0 spiro atoms. The molecule has 2 aromatic rings. The standard InChI is InChI=1S/C16H21N3O/c17-12-5-6-13-14(10-19-15(13)9-12)16(20)18-8-7-11-3-1-2-4-11/h5-6,9-11,19H,1-4,7-8,17H2,(H,18,20). The molecule has 0 aliphatic heterocycles. The van der Waals surface area contributed by atoms with Crippen LogP contribution >= 0.6 is 0 Å². The van der Waals surface area contributed by atoms with Gasteiger partial charge in [-0.05, 0) is 30.5 Å². The molecule has 4 nitrogen and oxygen atoms in total. The molecule has 1 aromatic carbocycles. The summed E-state index contributed by atoms with van der Waals surface area (Å²) in [6.07, 6.45) is 8.20. The SMILES string of the molecule is Nc1ccc2c(C(=O)NCCC3CCCC3)c[nH]c2c1. The Bertz CT molecular complexity index is 611. The zero-order valence-electron chi connectivity index (χ0n) is 11.6. The smallest absolute Gasteiger partial charge is 0.253 e. The van der Waals surface area contributed by atoms with Gasteiger partial charge in [0, 0.05) is 29.3 Å². The zero-order chi connectivity index (χ0) is 13.9. The first-order valence-electron chi connectivity index (χ1n) is 7.39. The van der Waals surface area contributed by atoms with Crippen LogP contribution in [-0.4, -0.2) is 17.4 Å². The average Bonchev–Trinajstić information content (AvgIpc) is 3.07. The number of aromatic nitrogens is 1. The fourth-order valence-electron chi connectivity index (χ4n) is 3.12. The topological polar surface area (TPSA) is 70.9 Å². The van der Waals surface area contributed by atoms with E-state index in [0.29, 0.717) is 11.3 Å². The van der Waals surface area contributed by atoms with E-state index < -0.39 is 0 Å². The number of rotatable bonds is 4. The summed E-state index contributed by atoms with van der Waals surface area (Å²) in [5.41, 5.74) is 8.05. The van der Waals surface area contributed by atoms with Crippen LogP contribution in [-0.2, 0) is 0 Å². The first kappa shape index (κ1) is 13.0. The fourth-order valence-corrected chi connectivity index (χ4v) is 3.12. The molecule has 20 heavy (non-hydrogen) atoms. The number of amides is 1. The lowest BCUT2D eigenvalue weighted by atomic mass is 10.0. The summed E-state index contributed by atoms with van der Waals surface area (Å²) in [5, 5.41) is 3.96. The maximum atomic E-state index is 12.2. The van der Waals surface area contributed by atoms with E-state index in [1.807, 2.05) is 18.2 Å². The second-order valence-electron chi connectivity index (χ2n) is 5.70. The van der Waals surface area contributed by atoms with E-state index in [9.17, 15) is 4.79 Å². The van der Waals surface area contributed by atoms with Gasteiger partial charge in [-0.2, -0.15) is 0 Å². The van der Waals surface area contributed by atoms with Crippen molar-refractivity contribution >= 4 is 22.5 Å². The van der Waals surface area contributed by atoms with Crippen LogP contribution in [0.3, 0.4) is 0 Å². The molecule has 0 radical (unpaired) electrons. The summed E-state index contributed by atoms with van der Waals surface area (Å²) in [4.78, 5) is 15.3. The van der Waals surface area contributed by atoms with Gasteiger partial charge in [0.2, 0.25) is 0 Å². The van der Waals surface area contributed by atoms with Crippen LogP contribution in [0.1, 0.15) is 42.5 Å². The predicted octanol–water partition coefficient (Wildman–Crippen LogP) is 3.06. The molecule has 1 heterocycles. The van der Waals surface area contributed by atoms with Gasteiger partial charge in [-0.3, -0.25) is 4.79 Å². The number of nitrogens with one attached hydrogen (secondary N) is 2. The highest BCUT2D eigenvalue weighted by Crippen LogP contribution is 2.27. The summed E-state index contributed by atoms with van der Waals surface area (Å²) >= 11 is 0. The molecule has 1 aliphatic rings. The molecule has 1 aliphatic carbocycles. The molecule has 1 saturated carbocycles. The third-order valence-electron chi connectivity index (χ3n) is 4.26. The first-order valence-corrected chi connectivity index (χ1v) is 7.39. The Hall–Kier alpha value is -1.97. The van der Waals surface area contributed by atoms with E-state index in [4.69, 9.17) is 5.73 Å². The molecule has 0 atom stereocenters. The van der Waals surface area contributed by atoms with Crippen molar-refractivity contribution in [2.24, 2.45) is 5.92 Å². The van der Waals surface area contributed by atoms with Crippen molar-refractivity contribution in [3.8, 4) is 0 Å². The summed E-state index contributed by atoms with van der Waals surface area (Å²) in [6, 6.07) is 5.57. The quantitative estimate of drug-likeness (QED) is 0.748. The number of benzene rings is 1. The summed E-state index contributed by atoms with van der Waals surface area (Å²) in [6.45, 7) is 0.769. The molecule has 0 saturated heterocycles. The minimum atomic E-state index is -0.000909. The molecular weight excluding hydrogens is 250 g/mol. The Labute approximate surface area is 118 Å². The van der Waals surface area contributed by atoms with Gasteiger partial charge >= 0.3 is 0 Å². The lowest BCUT2D eigenvalue weighted by Gasteiger charge is -2.09. The maximum absolute atomic E-state index is 12.2. The Morgan fingerprint density at radius 3 is 2.95 bits per heavy atom. The van der Waals surface area contributed by atoms with Gasteiger partial charge in [0.15, 0.2) is 0 Å². The van der Waals surface area contributed by atoms with Gasteiger partial charge in [0.25, 0.3) is 5.91 Å². The zero-order valence-corrected chi connectivity index (χ0v) is 11.6. The van der Waals surface area contributed by atoms with Crippen molar-refractivity contribution in [1.29, 1.82) is 0 Å². The number of nitrogens with two attached hydrogens (primary N) is 1. The Kier molecular flexibility index (Phi) is 3.63. The Morgan fingerprint density at radius 1 is 1.35 bits per heavy atom. The highest BCUT2D eigenvalue weighted by molar-refractivity contribution is 6.07. The second kappa shape index (κ2) is 5.57. The first-order chi connectivity index (χ1) is 9.74. The molecule has 4 heteroatoms. The van der Waals surface area contributed by atoms with Crippen LogP contribution in [0.15, 0.2) is 24.4 Å². The van der Waals surface area contributed by atoms with Gasteiger partial charge < -0.3 is 16.0 Å². The van der Waals surface area contributed by atoms with E-state index in [-0.39, 0.29) is 5.91 Å². The highest BCUT2D eigenvalue weighted by Gasteiger charge is 2.16. The third kappa shape index (κ3) is 2.64. The number of carbonyl (C=O) groups excluding carboxylic acids is 1. The molecule has 3 rings (SSSR count). The minimum Gasteiger partial charge on any atom is -0.399 e. The van der Waals surface area contributed by atoms with Crippen LogP contribution in [0.5, 0.6) is 0 Å². The van der Waals surface area contributed by atoms with Gasteiger partial charge in [-0.1, -0.05) is 25.7 Å². The van der Waals surface area contributed by atoms with Crippen molar-refractivity contribution in [3.05, 3.63) is 30.0 Å². The molecule has 1 aromatic heterocycles. The Morgan fingerprint density at radius 2 is 2.15 bits per heavy atom. The average molecular weight is 271 g/mol. The lowest BCUT2D eigenvalue weighted by molar-refractivity contribution is 0.0953.